The molecule has 0 aliphatic carbocycles. The van der Waals surface area contributed by atoms with E-state index in [0.29, 0.717) is 24.6 Å². The van der Waals surface area contributed by atoms with Gasteiger partial charge in [0.05, 0.1) is 6.61 Å². The number of benzene rings is 2. The van der Waals surface area contributed by atoms with Gasteiger partial charge in [0.25, 0.3) is 0 Å². The SMILES string of the molecule is CN=C(NCc1ccc(COCC(F)(F)F)cc1)NCc1ccc(CN(C)C)cc1.I. The molecule has 0 fully saturated rings. The molecule has 2 aromatic carbocycles. The lowest BCUT2D eigenvalue weighted by Crippen LogP contribution is -2.36. The molecule has 0 aliphatic rings. The Hall–Kier alpha value is -1.85. The van der Waals surface area contributed by atoms with E-state index in [2.05, 4.69) is 49.5 Å². The quantitative estimate of drug-likeness (QED) is 0.278. The highest BCUT2D eigenvalue weighted by atomic mass is 127. The average molecular weight is 550 g/mol. The third kappa shape index (κ3) is 11.4. The van der Waals surface area contributed by atoms with Gasteiger partial charge in [0.1, 0.15) is 6.61 Å². The van der Waals surface area contributed by atoms with Crippen LogP contribution < -0.4 is 10.6 Å². The van der Waals surface area contributed by atoms with Crippen LogP contribution in [0.25, 0.3) is 0 Å². The maximum atomic E-state index is 12.1. The monoisotopic (exact) mass is 550 g/mol. The van der Waals surface area contributed by atoms with E-state index in [9.17, 15) is 13.2 Å². The van der Waals surface area contributed by atoms with Crippen LogP contribution >= 0.6 is 24.0 Å². The topological polar surface area (TPSA) is 48.9 Å². The summed E-state index contributed by atoms with van der Waals surface area (Å²) in [5.74, 6) is 0.671. The minimum absolute atomic E-state index is 0. The molecule has 0 saturated heterocycles. The lowest BCUT2D eigenvalue weighted by atomic mass is 10.1. The van der Waals surface area contributed by atoms with Gasteiger partial charge in [-0.05, 0) is 36.3 Å². The largest absolute Gasteiger partial charge is 0.411 e. The molecular weight excluding hydrogens is 520 g/mol. The Bertz CT molecular complexity index is 794. The number of nitrogens with zero attached hydrogens (tertiary/aromatic N) is 2. The summed E-state index contributed by atoms with van der Waals surface area (Å²) in [6.07, 6.45) is -4.30. The van der Waals surface area contributed by atoms with Crippen molar-refractivity contribution in [2.75, 3.05) is 27.7 Å². The first-order valence-electron chi connectivity index (χ1n) is 9.64. The van der Waals surface area contributed by atoms with Gasteiger partial charge in [0.2, 0.25) is 0 Å². The van der Waals surface area contributed by atoms with Crippen LogP contribution in [0.1, 0.15) is 22.3 Å². The van der Waals surface area contributed by atoms with E-state index >= 15 is 0 Å². The first-order chi connectivity index (χ1) is 14.2. The molecule has 9 heteroatoms. The van der Waals surface area contributed by atoms with Crippen molar-refractivity contribution in [1.29, 1.82) is 0 Å². The van der Waals surface area contributed by atoms with Crippen molar-refractivity contribution in [3.05, 3.63) is 70.8 Å². The Balaban J connectivity index is 0.00000480. The lowest BCUT2D eigenvalue weighted by Gasteiger charge is -2.13. The summed E-state index contributed by atoms with van der Waals surface area (Å²) in [5.41, 5.74) is 4.11. The van der Waals surface area contributed by atoms with Crippen molar-refractivity contribution in [2.45, 2.75) is 32.4 Å². The van der Waals surface area contributed by atoms with E-state index in [1.54, 1.807) is 19.2 Å². The molecule has 0 amide bonds. The number of hydrogen-bond acceptors (Lipinski definition) is 3. The fourth-order valence-corrected chi connectivity index (χ4v) is 2.76. The molecule has 2 aromatic rings. The Kier molecular flexibility index (Phi) is 11.9. The van der Waals surface area contributed by atoms with Gasteiger partial charge in [-0.25, -0.2) is 0 Å². The van der Waals surface area contributed by atoms with Crippen LogP contribution in [0.3, 0.4) is 0 Å². The van der Waals surface area contributed by atoms with Gasteiger partial charge in [-0.2, -0.15) is 13.2 Å². The average Bonchev–Trinajstić information content (AvgIpc) is 2.69. The normalized spacial score (nSPS) is 11.9. The van der Waals surface area contributed by atoms with Crippen molar-refractivity contribution in [3.8, 4) is 0 Å². The predicted molar refractivity (Wildman–Crippen MR) is 128 cm³/mol. The number of halogens is 4. The second-order valence-corrected chi connectivity index (χ2v) is 7.26. The summed E-state index contributed by atoms with van der Waals surface area (Å²) < 4.78 is 41.0. The van der Waals surface area contributed by atoms with Crippen LogP contribution in [0.2, 0.25) is 0 Å². The second-order valence-electron chi connectivity index (χ2n) is 7.26. The summed E-state index contributed by atoms with van der Waals surface area (Å²) in [6, 6.07) is 15.7. The van der Waals surface area contributed by atoms with Crippen molar-refractivity contribution in [2.24, 2.45) is 4.99 Å². The lowest BCUT2D eigenvalue weighted by molar-refractivity contribution is -0.176. The van der Waals surface area contributed by atoms with Crippen molar-refractivity contribution < 1.29 is 17.9 Å². The summed E-state index contributed by atoms with van der Waals surface area (Å²) in [7, 11) is 5.79. The first-order valence-corrected chi connectivity index (χ1v) is 9.64. The summed E-state index contributed by atoms with van der Waals surface area (Å²) in [4.78, 5) is 6.34. The van der Waals surface area contributed by atoms with Gasteiger partial charge < -0.3 is 20.3 Å². The summed E-state index contributed by atoms with van der Waals surface area (Å²) >= 11 is 0. The molecule has 0 heterocycles. The summed E-state index contributed by atoms with van der Waals surface area (Å²) in [6.45, 7) is 0.799. The van der Waals surface area contributed by atoms with Crippen molar-refractivity contribution >= 4 is 29.9 Å². The molecule has 0 bridgehead atoms. The third-order valence-electron chi connectivity index (χ3n) is 4.22. The Morgan fingerprint density at radius 3 is 1.74 bits per heavy atom. The predicted octanol–water partition coefficient (Wildman–Crippen LogP) is 4.31. The molecular formula is C22H30F3IN4O. The molecule has 2 rings (SSSR count). The molecule has 0 saturated carbocycles. The fraction of sp³-hybridized carbons (Fsp3) is 0.409. The highest BCUT2D eigenvalue weighted by Crippen LogP contribution is 2.16. The minimum atomic E-state index is -4.30. The number of ether oxygens (including phenoxy) is 1. The van der Waals surface area contributed by atoms with E-state index in [-0.39, 0.29) is 30.6 Å². The highest BCUT2D eigenvalue weighted by Gasteiger charge is 2.27. The number of alkyl halides is 3. The molecule has 0 aromatic heterocycles. The number of guanidine groups is 1. The van der Waals surface area contributed by atoms with E-state index in [0.717, 1.165) is 17.7 Å². The van der Waals surface area contributed by atoms with E-state index in [1.807, 2.05) is 26.2 Å². The van der Waals surface area contributed by atoms with Gasteiger partial charge in [-0.15, -0.1) is 24.0 Å². The zero-order chi connectivity index (χ0) is 22.0. The highest BCUT2D eigenvalue weighted by molar-refractivity contribution is 14.0. The molecule has 31 heavy (non-hydrogen) atoms. The van der Waals surface area contributed by atoms with E-state index in [4.69, 9.17) is 0 Å². The third-order valence-corrected chi connectivity index (χ3v) is 4.22. The van der Waals surface area contributed by atoms with Crippen molar-refractivity contribution in [1.82, 2.24) is 15.5 Å². The van der Waals surface area contributed by atoms with Crippen molar-refractivity contribution in [3.63, 3.8) is 0 Å². The van der Waals surface area contributed by atoms with Crippen LogP contribution in [0.15, 0.2) is 53.5 Å². The summed E-state index contributed by atoms with van der Waals surface area (Å²) in [5, 5.41) is 6.50. The molecule has 0 aliphatic heterocycles. The number of hydrogen-bond donors (Lipinski definition) is 2. The number of nitrogens with one attached hydrogen (secondary N) is 2. The van der Waals surface area contributed by atoms with E-state index < -0.39 is 12.8 Å². The van der Waals surface area contributed by atoms with Crippen LogP contribution in [0.5, 0.6) is 0 Å². The van der Waals surface area contributed by atoms with Gasteiger partial charge in [0, 0.05) is 26.7 Å². The molecule has 2 N–H and O–H groups in total. The molecule has 0 radical (unpaired) electrons. The Morgan fingerprint density at radius 2 is 1.32 bits per heavy atom. The number of rotatable bonds is 9. The fourth-order valence-electron chi connectivity index (χ4n) is 2.76. The standard InChI is InChI=1S/C22H29F3N4O.HI/c1-26-21(27-12-17-4-8-19(9-5-17)14-29(2)3)28-13-18-6-10-20(11-7-18)15-30-16-22(23,24)25;/h4-11H,12-16H2,1-3H3,(H2,26,27,28);1H. The zero-order valence-corrected chi connectivity index (χ0v) is 20.3. The molecule has 0 unspecified atom stereocenters. The molecule has 0 atom stereocenters. The van der Waals surface area contributed by atoms with Crippen LogP contribution in [0.4, 0.5) is 13.2 Å². The van der Waals surface area contributed by atoms with Gasteiger partial charge in [-0.3, -0.25) is 4.99 Å². The van der Waals surface area contributed by atoms with E-state index in [1.165, 1.54) is 5.56 Å². The smallest absolute Gasteiger partial charge is 0.367 e. The van der Waals surface area contributed by atoms with Gasteiger partial charge in [-0.1, -0.05) is 48.5 Å². The first kappa shape index (κ1) is 27.2. The molecule has 5 nitrogen and oxygen atoms in total. The second kappa shape index (κ2) is 13.5. The van der Waals surface area contributed by atoms with Gasteiger partial charge >= 0.3 is 6.18 Å². The van der Waals surface area contributed by atoms with Gasteiger partial charge in [0.15, 0.2) is 5.96 Å². The van der Waals surface area contributed by atoms with Crippen LogP contribution in [-0.4, -0.2) is 44.8 Å². The van der Waals surface area contributed by atoms with Crippen LogP contribution in [0, 0.1) is 0 Å². The Labute approximate surface area is 199 Å². The maximum Gasteiger partial charge on any atom is 0.411 e. The molecule has 172 valence electrons. The number of aliphatic imine (C=N–C) groups is 1. The zero-order valence-electron chi connectivity index (χ0n) is 18.0. The Morgan fingerprint density at radius 1 is 0.871 bits per heavy atom. The maximum absolute atomic E-state index is 12.1. The molecule has 0 spiro atoms. The van der Waals surface area contributed by atoms with Crippen LogP contribution in [-0.2, 0) is 31.0 Å². The minimum Gasteiger partial charge on any atom is -0.367 e.